The topological polar surface area (TPSA) is 24.5 Å². The Balaban J connectivity index is 1.96. The van der Waals surface area contributed by atoms with Crippen molar-refractivity contribution in [2.24, 2.45) is 5.92 Å². The molecule has 1 spiro atoms. The molecular weight excluding hydrogens is 260 g/mol. The highest BCUT2D eigenvalue weighted by Crippen LogP contribution is 2.37. The molecule has 1 N–H and O–H groups in total. The second-order valence-electron chi connectivity index (χ2n) is 8.21. The Hall–Kier alpha value is -0.120. The first-order valence-corrected chi connectivity index (χ1v) is 8.99. The summed E-state index contributed by atoms with van der Waals surface area (Å²) in [5.41, 5.74) is 0.401. The summed E-state index contributed by atoms with van der Waals surface area (Å²) in [6.07, 6.45) is 6.78. The molecule has 1 aliphatic heterocycles. The fraction of sp³-hybridized carbons (Fsp3) is 1.00. The molecule has 2 unspecified atom stereocenters. The molecule has 1 heterocycles. The maximum atomic E-state index is 5.99. The molecular formula is C18H36N2O. The van der Waals surface area contributed by atoms with Crippen molar-refractivity contribution in [3.63, 3.8) is 0 Å². The lowest BCUT2D eigenvalue weighted by Gasteiger charge is -2.49. The molecule has 0 amide bonds. The Morgan fingerprint density at radius 3 is 2.52 bits per heavy atom. The van der Waals surface area contributed by atoms with Gasteiger partial charge in [0.15, 0.2) is 0 Å². The largest absolute Gasteiger partial charge is 0.375 e. The number of hydrogen-bond acceptors (Lipinski definition) is 3. The maximum Gasteiger partial charge on any atom is 0.0600 e. The van der Waals surface area contributed by atoms with E-state index in [1.807, 2.05) is 0 Å². The van der Waals surface area contributed by atoms with Crippen LogP contribution >= 0.6 is 0 Å². The van der Waals surface area contributed by atoms with Gasteiger partial charge in [-0.2, -0.15) is 0 Å². The molecule has 21 heavy (non-hydrogen) atoms. The maximum absolute atomic E-state index is 5.99. The van der Waals surface area contributed by atoms with E-state index in [4.69, 9.17) is 4.74 Å². The van der Waals surface area contributed by atoms with Gasteiger partial charge in [0.05, 0.1) is 12.2 Å². The van der Waals surface area contributed by atoms with Gasteiger partial charge < -0.3 is 10.1 Å². The van der Waals surface area contributed by atoms with E-state index >= 15 is 0 Å². The fourth-order valence-corrected chi connectivity index (χ4v) is 3.91. The van der Waals surface area contributed by atoms with E-state index in [0.29, 0.717) is 11.6 Å². The number of ether oxygens (including phenoxy) is 1. The third kappa shape index (κ3) is 4.43. The zero-order valence-electron chi connectivity index (χ0n) is 14.9. The van der Waals surface area contributed by atoms with Crippen LogP contribution < -0.4 is 5.32 Å². The number of nitrogens with one attached hydrogen (secondary N) is 1. The molecule has 2 atom stereocenters. The third-order valence-corrected chi connectivity index (χ3v) is 5.54. The quantitative estimate of drug-likeness (QED) is 0.841. The van der Waals surface area contributed by atoms with Crippen molar-refractivity contribution in [3.8, 4) is 0 Å². The van der Waals surface area contributed by atoms with Crippen molar-refractivity contribution in [1.82, 2.24) is 10.2 Å². The second-order valence-corrected chi connectivity index (χ2v) is 8.21. The van der Waals surface area contributed by atoms with Gasteiger partial charge in [-0.1, -0.05) is 33.1 Å². The zero-order valence-corrected chi connectivity index (χ0v) is 14.9. The second kappa shape index (κ2) is 6.97. The summed E-state index contributed by atoms with van der Waals surface area (Å²) in [5, 5.41) is 3.86. The van der Waals surface area contributed by atoms with Gasteiger partial charge in [-0.05, 0) is 39.5 Å². The standard InChI is InChI=1S/C18H36N2O/c1-6-15(2)16-13-20(11-12-21-17(3,4)5)18(14-19-16)9-7-8-10-18/h15-16,19H,6-14H2,1-5H3. The van der Waals surface area contributed by atoms with E-state index in [1.165, 1.54) is 45.2 Å². The highest BCUT2D eigenvalue weighted by Gasteiger charge is 2.43. The SMILES string of the molecule is CCC(C)C1CN(CCOC(C)(C)C)C2(CCCC2)CN1. The van der Waals surface area contributed by atoms with Gasteiger partial charge in [0.1, 0.15) is 0 Å². The van der Waals surface area contributed by atoms with Crippen molar-refractivity contribution in [3.05, 3.63) is 0 Å². The van der Waals surface area contributed by atoms with Crippen molar-refractivity contribution < 1.29 is 4.74 Å². The van der Waals surface area contributed by atoms with E-state index in [1.54, 1.807) is 0 Å². The van der Waals surface area contributed by atoms with Crippen LogP contribution in [0.25, 0.3) is 0 Å². The Kier molecular flexibility index (Phi) is 5.72. The van der Waals surface area contributed by atoms with Gasteiger partial charge >= 0.3 is 0 Å². The third-order valence-electron chi connectivity index (χ3n) is 5.54. The lowest BCUT2D eigenvalue weighted by Crippen LogP contribution is -2.65. The van der Waals surface area contributed by atoms with E-state index in [9.17, 15) is 0 Å². The highest BCUT2D eigenvalue weighted by atomic mass is 16.5. The number of rotatable bonds is 5. The zero-order chi connectivity index (χ0) is 15.5. The smallest absolute Gasteiger partial charge is 0.0600 e. The van der Waals surface area contributed by atoms with Crippen LogP contribution in [0.4, 0.5) is 0 Å². The van der Waals surface area contributed by atoms with Crippen molar-refractivity contribution in [2.75, 3.05) is 26.2 Å². The molecule has 0 aromatic carbocycles. The van der Waals surface area contributed by atoms with Crippen LogP contribution in [-0.2, 0) is 4.74 Å². The van der Waals surface area contributed by atoms with Crippen LogP contribution in [0.1, 0.15) is 66.7 Å². The Bertz CT molecular complexity index is 318. The molecule has 2 fully saturated rings. The molecule has 2 rings (SSSR count). The van der Waals surface area contributed by atoms with E-state index in [0.717, 1.165) is 19.1 Å². The first-order valence-electron chi connectivity index (χ1n) is 8.99. The Morgan fingerprint density at radius 2 is 1.95 bits per heavy atom. The summed E-state index contributed by atoms with van der Waals surface area (Å²) in [4.78, 5) is 2.76. The van der Waals surface area contributed by atoms with E-state index in [2.05, 4.69) is 44.8 Å². The molecule has 124 valence electrons. The molecule has 1 saturated carbocycles. The van der Waals surface area contributed by atoms with Crippen LogP contribution in [0, 0.1) is 5.92 Å². The van der Waals surface area contributed by atoms with Crippen LogP contribution in [0.15, 0.2) is 0 Å². The Morgan fingerprint density at radius 1 is 1.29 bits per heavy atom. The molecule has 1 saturated heterocycles. The first kappa shape index (κ1) is 17.2. The molecule has 3 heteroatoms. The minimum Gasteiger partial charge on any atom is -0.375 e. The van der Waals surface area contributed by atoms with Gasteiger partial charge in [-0.3, -0.25) is 4.90 Å². The van der Waals surface area contributed by atoms with Crippen LogP contribution in [-0.4, -0.2) is 48.3 Å². The lowest BCUT2D eigenvalue weighted by molar-refractivity contribution is -0.0416. The summed E-state index contributed by atoms with van der Waals surface area (Å²) in [6.45, 7) is 15.5. The van der Waals surface area contributed by atoms with Gasteiger partial charge in [-0.25, -0.2) is 0 Å². The van der Waals surface area contributed by atoms with Gasteiger partial charge in [0, 0.05) is 31.2 Å². The summed E-state index contributed by atoms with van der Waals surface area (Å²) >= 11 is 0. The molecule has 0 radical (unpaired) electrons. The van der Waals surface area contributed by atoms with Crippen molar-refractivity contribution in [1.29, 1.82) is 0 Å². The average Bonchev–Trinajstić information content (AvgIpc) is 2.88. The molecule has 1 aliphatic carbocycles. The molecule has 0 bridgehead atoms. The highest BCUT2D eigenvalue weighted by molar-refractivity contribution is 5.02. The van der Waals surface area contributed by atoms with Gasteiger partial charge in [-0.15, -0.1) is 0 Å². The first-order chi connectivity index (χ1) is 9.86. The minimum absolute atomic E-state index is 0.0208. The van der Waals surface area contributed by atoms with E-state index in [-0.39, 0.29) is 5.60 Å². The van der Waals surface area contributed by atoms with Crippen LogP contribution in [0.3, 0.4) is 0 Å². The average molecular weight is 296 g/mol. The molecule has 3 nitrogen and oxygen atoms in total. The monoisotopic (exact) mass is 296 g/mol. The number of nitrogens with zero attached hydrogens (tertiary/aromatic N) is 1. The Labute approximate surface area is 131 Å². The molecule has 2 aliphatic rings. The number of piperazine rings is 1. The van der Waals surface area contributed by atoms with Gasteiger partial charge in [0.25, 0.3) is 0 Å². The summed E-state index contributed by atoms with van der Waals surface area (Å²) in [7, 11) is 0. The molecule has 0 aromatic heterocycles. The van der Waals surface area contributed by atoms with Crippen LogP contribution in [0.2, 0.25) is 0 Å². The van der Waals surface area contributed by atoms with Crippen LogP contribution in [0.5, 0.6) is 0 Å². The normalized spacial score (nSPS) is 28.1. The lowest BCUT2D eigenvalue weighted by atomic mass is 9.87. The van der Waals surface area contributed by atoms with Crippen molar-refractivity contribution in [2.45, 2.75) is 83.9 Å². The summed E-state index contributed by atoms with van der Waals surface area (Å²) in [5.74, 6) is 0.759. The summed E-state index contributed by atoms with van der Waals surface area (Å²) in [6, 6.07) is 0.649. The summed E-state index contributed by atoms with van der Waals surface area (Å²) < 4.78 is 5.99. The fourth-order valence-electron chi connectivity index (χ4n) is 3.91. The van der Waals surface area contributed by atoms with Crippen molar-refractivity contribution >= 4 is 0 Å². The van der Waals surface area contributed by atoms with E-state index < -0.39 is 0 Å². The molecule has 0 aromatic rings. The predicted octanol–water partition coefficient (Wildman–Crippen LogP) is 3.43. The number of hydrogen-bond donors (Lipinski definition) is 1. The van der Waals surface area contributed by atoms with Gasteiger partial charge in [0.2, 0.25) is 0 Å². The minimum atomic E-state index is -0.0208. The predicted molar refractivity (Wildman–Crippen MR) is 89.7 cm³/mol.